The van der Waals surface area contributed by atoms with E-state index in [1.807, 2.05) is 36.9 Å². The van der Waals surface area contributed by atoms with E-state index in [2.05, 4.69) is 16.7 Å². The fourth-order valence-electron chi connectivity index (χ4n) is 3.53. The Kier molecular flexibility index (Phi) is 6.15. The monoisotopic (exact) mass is 380 g/mol. The second kappa shape index (κ2) is 8.75. The molecule has 0 bridgehead atoms. The molecule has 2 aromatic carbocycles. The Bertz CT molecular complexity index is 875. The molecule has 146 valence electrons. The molecule has 1 aliphatic rings. The number of benzene rings is 2. The van der Waals surface area contributed by atoms with Crippen molar-refractivity contribution < 1.29 is 9.18 Å². The van der Waals surface area contributed by atoms with E-state index in [9.17, 15) is 9.18 Å². The molecule has 1 heterocycles. The van der Waals surface area contributed by atoms with Gasteiger partial charge in [-0.15, -0.1) is 0 Å². The van der Waals surface area contributed by atoms with Crippen LogP contribution in [0.1, 0.15) is 42.5 Å². The van der Waals surface area contributed by atoms with Crippen molar-refractivity contribution in [2.75, 3.05) is 18.0 Å². The Hall–Kier alpha value is -3.07. The van der Waals surface area contributed by atoms with Crippen LogP contribution in [0.2, 0.25) is 0 Å². The maximum Gasteiger partial charge on any atom is 0.315 e. The number of amides is 2. The van der Waals surface area contributed by atoms with E-state index >= 15 is 0 Å². The molecule has 1 aliphatic heterocycles. The maximum atomic E-state index is 14.2. The fourth-order valence-corrected chi connectivity index (χ4v) is 3.53. The molecule has 2 amide bonds. The van der Waals surface area contributed by atoms with E-state index in [-0.39, 0.29) is 23.9 Å². The van der Waals surface area contributed by atoms with Gasteiger partial charge in [-0.2, -0.15) is 5.26 Å². The molecule has 2 atom stereocenters. The minimum absolute atomic E-state index is 0.0400. The average Bonchev–Trinajstić information content (AvgIpc) is 2.70. The van der Waals surface area contributed by atoms with Gasteiger partial charge in [0.05, 0.1) is 23.4 Å². The zero-order valence-electron chi connectivity index (χ0n) is 16.2. The van der Waals surface area contributed by atoms with Crippen LogP contribution in [0.25, 0.3) is 0 Å². The topological polar surface area (TPSA) is 68.2 Å². The van der Waals surface area contributed by atoms with Crippen LogP contribution in [0.5, 0.6) is 0 Å². The molecular formula is C22H25FN4O. The van der Waals surface area contributed by atoms with Gasteiger partial charge in [0, 0.05) is 19.1 Å². The molecule has 6 heteroatoms. The van der Waals surface area contributed by atoms with Gasteiger partial charge in [0.1, 0.15) is 5.82 Å². The first-order chi connectivity index (χ1) is 13.5. The van der Waals surface area contributed by atoms with Crippen molar-refractivity contribution in [1.82, 2.24) is 10.6 Å². The SMILES string of the molecule is Cc1ccc(F)c(N2CCCC(NC(=O)NC(C)c3ccc(C#N)cc3)C2)c1. The molecule has 28 heavy (non-hydrogen) atoms. The second-order valence-corrected chi connectivity index (χ2v) is 7.31. The summed E-state index contributed by atoms with van der Waals surface area (Å²) in [5.41, 5.74) is 3.13. The third-order valence-electron chi connectivity index (χ3n) is 5.09. The third-order valence-corrected chi connectivity index (χ3v) is 5.09. The Morgan fingerprint density at radius 2 is 2.04 bits per heavy atom. The highest BCUT2D eigenvalue weighted by molar-refractivity contribution is 5.75. The van der Waals surface area contributed by atoms with Crippen LogP contribution in [-0.2, 0) is 0 Å². The Labute approximate surface area is 165 Å². The molecule has 0 aromatic heterocycles. The first-order valence-electron chi connectivity index (χ1n) is 9.54. The van der Waals surface area contributed by atoms with E-state index in [4.69, 9.17) is 5.26 Å². The van der Waals surface area contributed by atoms with Crippen molar-refractivity contribution in [1.29, 1.82) is 5.26 Å². The summed E-state index contributed by atoms with van der Waals surface area (Å²) >= 11 is 0. The molecular weight excluding hydrogens is 355 g/mol. The number of urea groups is 1. The predicted molar refractivity (Wildman–Crippen MR) is 108 cm³/mol. The molecule has 0 radical (unpaired) electrons. The van der Waals surface area contributed by atoms with E-state index in [1.165, 1.54) is 6.07 Å². The number of hydrogen-bond donors (Lipinski definition) is 2. The largest absolute Gasteiger partial charge is 0.367 e. The normalized spacial score (nSPS) is 17.5. The van der Waals surface area contributed by atoms with Crippen molar-refractivity contribution in [2.24, 2.45) is 0 Å². The summed E-state index contributed by atoms with van der Waals surface area (Å²) in [6, 6.07) is 13.9. The average molecular weight is 380 g/mol. The number of carbonyl (C=O) groups is 1. The van der Waals surface area contributed by atoms with Crippen molar-refractivity contribution in [3.8, 4) is 6.07 Å². The number of nitriles is 1. The quantitative estimate of drug-likeness (QED) is 0.841. The van der Waals surface area contributed by atoms with Crippen LogP contribution in [0.4, 0.5) is 14.9 Å². The zero-order chi connectivity index (χ0) is 20.1. The summed E-state index contributed by atoms with van der Waals surface area (Å²) in [5.74, 6) is -0.231. The van der Waals surface area contributed by atoms with E-state index in [0.29, 0.717) is 17.8 Å². The van der Waals surface area contributed by atoms with Gasteiger partial charge < -0.3 is 15.5 Å². The lowest BCUT2D eigenvalue weighted by molar-refractivity contribution is 0.232. The number of rotatable bonds is 4. The van der Waals surface area contributed by atoms with Gasteiger partial charge in [0.25, 0.3) is 0 Å². The highest BCUT2D eigenvalue weighted by Crippen LogP contribution is 2.24. The third kappa shape index (κ3) is 4.80. The maximum absolute atomic E-state index is 14.2. The summed E-state index contributed by atoms with van der Waals surface area (Å²) in [4.78, 5) is 14.4. The number of anilines is 1. The van der Waals surface area contributed by atoms with Crippen LogP contribution >= 0.6 is 0 Å². The number of hydrogen-bond acceptors (Lipinski definition) is 3. The zero-order valence-corrected chi connectivity index (χ0v) is 16.2. The Morgan fingerprint density at radius 3 is 2.75 bits per heavy atom. The molecule has 2 aromatic rings. The number of carbonyl (C=O) groups excluding carboxylic acids is 1. The summed E-state index contributed by atoms with van der Waals surface area (Å²) < 4.78 is 14.2. The summed E-state index contributed by atoms with van der Waals surface area (Å²) in [6.07, 6.45) is 1.76. The summed E-state index contributed by atoms with van der Waals surface area (Å²) in [6.45, 7) is 5.21. The van der Waals surface area contributed by atoms with Crippen molar-refractivity contribution in [3.63, 3.8) is 0 Å². The van der Waals surface area contributed by atoms with Crippen LogP contribution in [-0.4, -0.2) is 25.2 Å². The van der Waals surface area contributed by atoms with Crippen LogP contribution in [0.15, 0.2) is 42.5 Å². The molecule has 1 fully saturated rings. The first kappa shape index (κ1) is 19.7. The highest BCUT2D eigenvalue weighted by Gasteiger charge is 2.24. The number of aryl methyl sites for hydroxylation is 1. The van der Waals surface area contributed by atoms with Crippen LogP contribution < -0.4 is 15.5 Å². The van der Waals surface area contributed by atoms with Crippen molar-refractivity contribution >= 4 is 11.7 Å². The number of piperidine rings is 1. The standard InChI is InChI=1S/C22H25FN4O/c1-15-5-10-20(23)21(12-15)27-11-3-4-19(14-27)26-22(28)25-16(2)18-8-6-17(13-24)7-9-18/h5-10,12,16,19H,3-4,11,14H2,1-2H3,(H2,25,26,28). The second-order valence-electron chi connectivity index (χ2n) is 7.31. The summed E-state index contributed by atoms with van der Waals surface area (Å²) in [7, 11) is 0. The highest BCUT2D eigenvalue weighted by atomic mass is 19.1. The van der Waals surface area contributed by atoms with Gasteiger partial charge in [-0.3, -0.25) is 0 Å². The van der Waals surface area contributed by atoms with E-state index in [1.54, 1.807) is 18.2 Å². The van der Waals surface area contributed by atoms with Gasteiger partial charge in [-0.05, 0) is 62.1 Å². The van der Waals surface area contributed by atoms with E-state index in [0.717, 1.165) is 30.5 Å². The Morgan fingerprint density at radius 1 is 1.29 bits per heavy atom. The molecule has 0 aliphatic carbocycles. The first-order valence-corrected chi connectivity index (χ1v) is 9.54. The van der Waals surface area contributed by atoms with Crippen molar-refractivity contribution in [2.45, 2.75) is 38.8 Å². The minimum Gasteiger partial charge on any atom is -0.367 e. The lowest BCUT2D eigenvalue weighted by atomic mass is 10.0. The Balaban J connectivity index is 1.57. The molecule has 3 rings (SSSR count). The number of halogens is 1. The molecule has 2 N–H and O–H groups in total. The van der Waals surface area contributed by atoms with Crippen molar-refractivity contribution in [3.05, 3.63) is 65.0 Å². The molecule has 5 nitrogen and oxygen atoms in total. The van der Waals surface area contributed by atoms with Gasteiger partial charge in [0.2, 0.25) is 0 Å². The van der Waals surface area contributed by atoms with Gasteiger partial charge in [-0.25, -0.2) is 9.18 Å². The molecule has 0 spiro atoms. The lowest BCUT2D eigenvalue weighted by Crippen LogP contribution is -2.51. The number of nitrogens with one attached hydrogen (secondary N) is 2. The predicted octanol–water partition coefficient (Wildman–Crippen LogP) is 4.04. The number of nitrogens with zero attached hydrogens (tertiary/aromatic N) is 2. The smallest absolute Gasteiger partial charge is 0.315 e. The molecule has 0 saturated carbocycles. The van der Waals surface area contributed by atoms with Crippen LogP contribution in [0, 0.1) is 24.1 Å². The minimum atomic E-state index is -0.242. The van der Waals surface area contributed by atoms with E-state index < -0.39 is 0 Å². The summed E-state index contributed by atoms with van der Waals surface area (Å²) in [5, 5.41) is 14.8. The lowest BCUT2D eigenvalue weighted by Gasteiger charge is -2.35. The van der Waals surface area contributed by atoms with Gasteiger partial charge >= 0.3 is 6.03 Å². The molecule has 1 saturated heterocycles. The molecule has 2 unspecified atom stereocenters. The fraction of sp³-hybridized carbons (Fsp3) is 0.364. The van der Waals surface area contributed by atoms with Gasteiger partial charge in [-0.1, -0.05) is 18.2 Å². The van der Waals surface area contributed by atoms with Gasteiger partial charge in [0.15, 0.2) is 0 Å². The van der Waals surface area contributed by atoms with Crippen LogP contribution in [0.3, 0.4) is 0 Å².